The maximum atomic E-state index is 12.3. The summed E-state index contributed by atoms with van der Waals surface area (Å²) in [6.45, 7) is -0.519. The molecule has 1 aliphatic heterocycles. The average molecular weight is 484 g/mol. The minimum absolute atomic E-state index is 0.314. The van der Waals surface area contributed by atoms with Crippen molar-refractivity contribution in [2.24, 2.45) is 0 Å². The highest BCUT2D eigenvalue weighted by Gasteiger charge is 2.47. The van der Waals surface area contributed by atoms with Gasteiger partial charge in [0, 0.05) is 18.0 Å². The number of aliphatic hydroxyl groups excluding tert-OH is 2. The van der Waals surface area contributed by atoms with Crippen LogP contribution in [0.25, 0.3) is 0 Å². The van der Waals surface area contributed by atoms with E-state index in [1.54, 1.807) is 0 Å². The summed E-state index contributed by atoms with van der Waals surface area (Å²) >= 11 is 0. The van der Waals surface area contributed by atoms with Crippen molar-refractivity contribution >= 4 is 25.1 Å². The molecular formula is C18H21N4O10P. The van der Waals surface area contributed by atoms with E-state index in [-0.39, 0.29) is 0 Å². The van der Waals surface area contributed by atoms with Crippen molar-refractivity contribution in [2.75, 3.05) is 11.9 Å². The molecule has 0 radical (unpaired) electrons. The lowest BCUT2D eigenvalue weighted by Gasteiger charge is -2.16. The monoisotopic (exact) mass is 484 g/mol. The maximum absolute atomic E-state index is 12.3. The number of rotatable bonds is 7. The Bertz CT molecular complexity index is 1190. The third kappa shape index (κ3) is 6.22. The molecule has 0 spiro atoms. The molecule has 7 N–H and O–H groups in total. The van der Waals surface area contributed by atoms with Gasteiger partial charge in [0.25, 0.3) is 11.5 Å². The number of nitrogens with one attached hydrogen (secondary N) is 3. The fraction of sp³-hybridized carbons (Fsp3) is 0.333. The molecule has 14 nitrogen and oxygen atoms in total. The van der Waals surface area contributed by atoms with Crippen LogP contribution in [0.15, 0.2) is 46.1 Å². The number of benzene rings is 1. The standard InChI is InChI=1S/C18H21N4O10P/c23-11-5-6-22(18(28)21-11)17-14(26)13(25)15(32-17)16(27)19-7-12(24)20-10-3-1-9(2-4-10)8-33(29,30)31/h1-6,13-15,17,25-26H,7-8H2,(H,19,27)(H,20,24)(H,21,23,28)(H2,29,30,31)/t13-,14-,15+,17-/m1/s1. The number of hydrogen-bond acceptors (Lipinski definition) is 8. The molecule has 2 heterocycles. The second kappa shape index (κ2) is 9.79. The minimum Gasteiger partial charge on any atom is -0.387 e. The predicted molar refractivity (Wildman–Crippen MR) is 111 cm³/mol. The van der Waals surface area contributed by atoms with Gasteiger partial charge >= 0.3 is 13.3 Å². The van der Waals surface area contributed by atoms with Crippen LogP contribution in [0.4, 0.5) is 5.69 Å². The van der Waals surface area contributed by atoms with Gasteiger partial charge in [-0.3, -0.25) is 28.5 Å². The molecule has 1 fully saturated rings. The molecule has 3 rings (SSSR count). The summed E-state index contributed by atoms with van der Waals surface area (Å²) in [4.78, 5) is 67.4. The van der Waals surface area contributed by atoms with E-state index < -0.39 is 67.9 Å². The van der Waals surface area contributed by atoms with Crippen molar-refractivity contribution in [3.63, 3.8) is 0 Å². The van der Waals surface area contributed by atoms with Gasteiger partial charge in [0.1, 0.15) is 12.2 Å². The van der Waals surface area contributed by atoms with Crippen LogP contribution in [0.5, 0.6) is 0 Å². The number of aliphatic hydroxyl groups is 2. The van der Waals surface area contributed by atoms with Gasteiger partial charge in [0.15, 0.2) is 12.3 Å². The first kappa shape index (κ1) is 24.5. The summed E-state index contributed by atoms with van der Waals surface area (Å²) < 4.78 is 17.1. The van der Waals surface area contributed by atoms with Gasteiger partial charge in [-0.2, -0.15) is 0 Å². The molecule has 33 heavy (non-hydrogen) atoms. The van der Waals surface area contributed by atoms with Crippen LogP contribution < -0.4 is 21.9 Å². The van der Waals surface area contributed by atoms with E-state index in [1.165, 1.54) is 24.3 Å². The zero-order chi connectivity index (χ0) is 24.3. The average Bonchev–Trinajstić information content (AvgIpc) is 3.01. The zero-order valence-electron chi connectivity index (χ0n) is 16.8. The number of carbonyl (C=O) groups excluding carboxylic acids is 2. The van der Waals surface area contributed by atoms with Crippen molar-refractivity contribution in [1.29, 1.82) is 0 Å². The van der Waals surface area contributed by atoms with Gasteiger partial charge in [-0.1, -0.05) is 12.1 Å². The number of anilines is 1. The molecule has 0 aliphatic carbocycles. The normalized spacial score (nSPS) is 22.7. The van der Waals surface area contributed by atoms with Crippen molar-refractivity contribution in [1.82, 2.24) is 14.9 Å². The molecule has 1 aliphatic rings. The summed E-state index contributed by atoms with van der Waals surface area (Å²) in [6, 6.07) is 6.71. The van der Waals surface area contributed by atoms with Crippen molar-refractivity contribution in [3.8, 4) is 0 Å². The summed E-state index contributed by atoms with van der Waals surface area (Å²) in [5.41, 5.74) is -0.905. The Labute approximate surface area is 185 Å². The molecule has 1 aromatic carbocycles. The van der Waals surface area contributed by atoms with Crippen LogP contribution in [0.2, 0.25) is 0 Å². The van der Waals surface area contributed by atoms with Gasteiger partial charge in [-0.05, 0) is 17.7 Å². The van der Waals surface area contributed by atoms with Crippen LogP contribution in [-0.2, 0) is 25.1 Å². The second-order valence-electron chi connectivity index (χ2n) is 7.23. The largest absolute Gasteiger partial charge is 0.387 e. The molecule has 2 aromatic rings. The fourth-order valence-electron chi connectivity index (χ4n) is 3.14. The summed E-state index contributed by atoms with van der Waals surface area (Å²) in [5.74, 6) is -1.57. The number of nitrogens with zero attached hydrogens (tertiary/aromatic N) is 1. The maximum Gasteiger partial charge on any atom is 0.330 e. The van der Waals surface area contributed by atoms with Gasteiger partial charge < -0.3 is 35.4 Å². The molecule has 2 amide bonds. The second-order valence-corrected chi connectivity index (χ2v) is 8.88. The third-order valence-corrected chi connectivity index (χ3v) is 5.45. The van der Waals surface area contributed by atoms with Gasteiger partial charge in [-0.15, -0.1) is 0 Å². The first-order valence-corrected chi connectivity index (χ1v) is 11.3. The molecule has 0 saturated carbocycles. The lowest BCUT2D eigenvalue weighted by molar-refractivity contribution is -0.138. The number of hydrogen-bond donors (Lipinski definition) is 7. The molecule has 0 bridgehead atoms. The Kier molecular flexibility index (Phi) is 7.27. The summed E-state index contributed by atoms with van der Waals surface area (Å²) in [6.07, 6.45) is -5.81. The Morgan fingerprint density at radius 2 is 1.76 bits per heavy atom. The first-order chi connectivity index (χ1) is 15.4. The lowest BCUT2D eigenvalue weighted by Crippen LogP contribution is -2.45. The van der Waals surface area contributed by atoms with Crippen molar-refractivity contribution in [3.05, 3.63) is 62.9 Å². The van der Waals surface area contributed by atoms with E-state index >= 15 is 0 Å². The summed E-state index contributed by atoms with van der Waals surface area (Å²) in [5, 5.41) is 25.0. The van der Waals surface area contributed by atoms with E-state index in [0.29, 0.717) is 11.3 Å². The Hall–Kier alpha value is -3.13. The van der Waals surface area contributed by atoms with Gasteiger partial charge in [-0.25, -0.2) is 4.79 Å². The van der Waals surface area contributed by atoms with Crippen LogP contribution in [0, 0.1) is 0 Å². The first-order valence-electron chi connectivity index (χ1n) is 9.49. The predicted octanol–water partition coefficient (Wildman–Crippen LogP) is -2.41. The number of carbonyl (C=O) groups is 2. The molecule has 1 saturated heterocycles. The van der Waals surface area contributed by atoms with E-state index in [4.69, 9.17) is 14.5 Å². The number of aromatic amines is 1. The zero-order valence-corrected chi connectivity index (χ0v) is 17.7. The van der Waals surface area contributed by atoms with Crippen LogP contribution in [0.1, 0.15) is 11.8 Å². The Balaban J connectivity index is 1.55. The van der Waals surface area contributed by atoms with E-state index in [0.717, 1.165) is 16.8 Å². The van der Waals surface area contributed by atoms with E-state index in [9.17, 15) is 34.0 Å². The molecule has 1 aromatic heterocycles. The van der Waals surface area contributed by atoms with Crippen molar-refractivity contribution < 1.29 is 38.9 Å². The minimum atomic E-state index is -4.22. The van der Waals surface area contributed by atoms with Crippen molar-refractivity contribution in [2.45, 2.75) is 30.7 Å². The van der Waals surface area contributed by atoms with Crippen LogP contribution >= 0.6 is 7.60 Å². The number of ether oxygens (including phenoxy) is 1. The molecular weight excluding hydrogens is 463 g/mol. The van der Waals surface area contributed by atoms with E-state index in [1.807, 2.05) is 4.98 Å². The Morgan fingerprint density at radius 1 is 1.09 bits per heavy atom. The number of aromatic nitrogens is 2. The Morgan fingerprint density at radius 3 is 2.36 bits per heavy atom. The smallest absolute Gasteiger partial charge is 0.330 e. The fourth-order valence-corrected chi connectivity index (χ4v) is 3.82. The topological polar surface area (TPSA) is 220 Å². The molecule has 0 unspecified atom stereocenters. The SMILES string of the molecule is O=C(CNC(=O)[C@H]1O[C@@H](n2ccc(=O)[nH]c2=O)[C@H](O)[C@H]1O)Nc1ccc(CP(=O)(O)O)cc1. The van der Waals surface area contributed by atoms with Crippen LogP contribution in [-0.4, -0.2) is 66.2 Å². The van der Waals surface area contributed by atoms with Gasteiger partial charge in [0.2, 0.25) is 5.91 Å². The van der Waals surface area contributed by atoms with Crippen LogP contribution in [0.3, 0.4) is 0 Å². The highest BCUT2D eigenvalue weighted by atomic mass is 31.2. The molecule has 178 valence electrons. The quantitative estimate of drug-likeness (QED) is 0.206. The number of amides is 2. The number of H-pyrrole nitrogens is 1. The summed E-state index contributed by atoms with van der Waals surface area (Å²) in [7, 11) is -4.22. The third-order valence-electron chi connectivity index (χ3n) is 4.67. The van der Waals surface area contributed by atoms with Gasteiger partial charge in [0.05, 0.1) is 12.7 Å². The van der Waals surface area contributed by atoms with E-state index in [2.05, 4.69) is 10.6 Å². The molecule has 15 heteroatoms. The molecule has 4 atom stereocenters. The lowest BCUT2D eigenvalue weighted by atomic mass is 10.1. The highest BCUT2D eigenvalue weighted by Crippen LogP contribution is 2.39. The highest BCUT2D eigenvalue weighted by molar-refractivity contribution is 7.50.